The molecule has 0 bridgehead atoms. The Morgan fingerprint density at radius 3 is 2.21 bits per heavy atom. The van der Waals surface area contributed by atoms with Crippen LogP contribution >= 0.6 is 15.9 Å². The number of hydrogen-bond acceptors (Lipinski definition) is 1. The summed E-state index contributed by atoms with van der Waals surface area (Å²) in [7, 11) is 0. The van der Waals surface area contributed by atoms with E-state index in [2.05, 4.69) is 15.9 Å². The van der Waals surface area contributed by atoms with E-state index >= 15 is 0 Å². The highest BCUT2D eigenvalue weighted by Crippen LogP contribution is 2.35. The zero-order chi connectivity index (χ0) is 14.8. The number of amides is 1. The van der Waals surface area contributed by atoms with Crippen molar-refractivity contribution in [2.75, 3.05) is 6.54 Å². The summed E-state index contributed by atoms with van der Waals surface area (Å²) < 4.78 is 73.4. The van der Waals surface area contributed by atoms with Crippen LogP contribution < -0.4 is 5.32 Å². The fraction of sp³-hybridized carbons (Fsp3) is 0.300. The summed E-state index contributed by atoms with van der Waals surface area (Å²) in [6.45, 7) is -1.70. The molecular weight excluding hydrogens is 344 g/mol. The largest absolute Gasteiger partial charge is 0.417 e. The number of alkyl halides is 6. The second kappa shape index (κ2) is 5.40. The van der Waals surface area contributed by atoms with E-state index in [0.29, 0.717) is 6.07 Å². The van der Waals surface area contributed by atoms with Crippen LogP contribution in [0.15, 0.2) is 22.7 Å². The minimum atomic E-state index is -4.84. The van der Waals surface area contributed by atoms with Crippen LogP contribution in [-0.2, 0) is 6.18 Å². The van der Waals surface area contributed by atoms with Crippen LogP contribution in [0, 0.1) is 0 Å². The van der Waals surface area contributed by atoms with Gasteiger partial charge in [0.25, 0.3) is 5.91 Å². The molecule has 1 aromatic carbocycles. The van der Waals surface area contributed by atoms with Crippen LogP contribution in [-0.4, -0.2) is 18.6 Å². The molecule has 106 valence electrons. The number of carbonyl (C=O) groups excluding carboxylic acids is 1. The van der Waals surface area contributed by atoms with Crippen LogP contribution in [0.5, 0.6) is 0 Å². The van der Waals surface area contributed by atoms with Crippen molar-refractivity contribution in [3.05, 3.63) is 33.8 Å². The normalized spacial score (nSPS) is 12.4. The van der Waals surface area contributed by atoms with Crippen molar-refractivity contribution in [3.63, 3.8) is 0 Å². The van der Waals surface area contributed by atoms with Crippen molar-refractivity contribution in [1.82, 2.24) is 5.32 Å². The molecular formula is C10H6BrF6NO. The zero-order valence-corrected chi connectivity index (χ0v) is 10.6. The van der Waals surface area contributed by atoms with Gasteiger partial charge in [0, 0.05) is 4.47 Å². The Hall–Kier alpha value is -1.25. The number of rotatable bonds is 2. The molecule has 1 rings (SSSR count). The molecule has 9 heteroatoms. The minimum Gasteiger partial charge on any atom is -0.343 e. The summed E-state index contributed by atoms with van der Waals surface area (Å²) in [6, 6.07) is 2.79. The summed E-state index contributed by atoms with van der Waals surface area (Å²) in [5.41, 5.74) is -2.18. The molecule has 0 aromatic heterocycles. The lowest BCUT2D eigenvalue weighted by molar-refractivity contribution is -0.138. The molecule has 0 fully saturated rings. The van der Waals surface area contributed by atoms with E-state index in [1.807, 2.05) is 0 Å². The maximum absolute atomic E-state index is 12.6. The van der Waals surface area contributed by atoms with Crippen molar-refractivity contribution in [2.45, 2.75) is 12.4 Å². The maximum Gasteiger partial charge on any atom is 0.417 e. The molecule has 0 radical (unpaired) electrons. The highest BCUT2D eigenvalue weighted by Gasteiger charge is 2.37. The molecule has 0 unspecified atom stereocenters. The number of benzene rings is 1. The molecule has 1 aromatic rings. The van der Waals surface area contributed by atoms with Crippen molar-refractivity contribution >= 4 is 21.8 Å². The number of hydrogen-bond donors (Lipinski definition) is 1. The average molecular weight is 350 g/mol. The van der Waals surface area contributed by atoms with E-state index in [9.17, 15) is 31.1 Å². The first-order valence-corrected chi connectivity index (χ1v) is 5.52. The number of carbonyl (C=O) groups is 1. The highest BCUT2D eigenvalue weighted by molar-refractivity contribution is 9.10. The van der Waals surface area contributed by atoms with Gasteiger partial charge in [-0.25, -0.2) is 0 Å². The van der Waals surface area contributed by atoms with E-state index in [1.54, 1.807) is 0 Å². The highest BCUT2D eigenvalue weighted by atomic mass is 79.9. The molecule has 19 heavy (non-hydrogen) atoms. The molecule has 0 aliphatic heterocycles. The SMILES string of the molecule is O=C(NCC(F)(F)F)c1c(Br)cccc1C(F)(F)F. The zero-order valence-electron chi connectivity index (χ0n) is 8.99. The lowest BCUT2D eigenvalue weighted by Crippen LogP contribution is -2.35. The topological polar surface area (TPSA) is 29.1 Å². The molecule has 1 amide bonds. The fourth-order valence-electron chi connectivity index (χ4n) is 1.26. The van der Waals surface area contributed by atoms with Crippen molar-refractivity contribution < 1.29 is 31.1 Å². The van der Waals surface area contributed by atoms with E-state index in [0.717, 1.165) is 12.1 Å². The van der Waals surface area contributed by atoms with Gasteiger partial charge in [-0.15, -0.1) is 0 Å². The fourth-order valence-corrected chi connectivity index (χ4v) is 1.81. The van der Waals surface area contributed by atoms with Gasteiger partial charge in [-0.1, -0.05) is 6.07 Å². The second-order valence-corrected chi connectivity index (χ2v) is 4.31. The van der Waals surface area contributed by atoms with Crippen LogP contribution in [0.4, 0.5) is 26.3 Å². The molecule has 0 aliphatic rings. The van der Waals surface area contributed by atoms with Gasteiger partial charge in [-0.3, -0.25) is 4.79 Å². The summed E-state index contributed by atoms with van der Waals surface area (Å²) in [6.07, 6.45) is -9.54. The van der Waals surface area contributed by atoms with Crippen LogP contribution in [0.2, 0.25) is 0 Å². The van der Waals surface area contributed by atoms with Gasteiger partial charge in [0.15, 0.2) is 0 Å². The van der Waals surface area contributed by atoms with Crippen LogP contribution in [0.25, 0.3) is 0 Å². The summed E-state index contributed by atoms with van der Waals surface area (Å²) >= 11 is 2.72. The van der Waals surface area contributed by atoms with Gasteiger partial charge in [-0.2, -0.15) is 26.3 Å². The first-order chi connectivity index (χ1) is 8.52. The Balaban J connectivity index is 3.09. The quantitative estimate of drug-likeness (QED) is 0.809. The minimum absolute atomic E-state index is 0.234. The van der Waals surface area contributed by atoms with Gasteiger partial charge in [-0.05, 0) is 28.1 Å². The monoisotopic (exact) mass is 349 g/mol. The number of nitrogens with one attached hydrogen (secondary N) is 1. The Kier molecular flexibility index (Phi) is 4.49. The predicted octanol–water partition coefficient (Wildman–Crippen LogP) is 3.76. The van der Waals surface area contributed by atoms with Gasteiger partial charge < -0.3 is 5.32 Å². The van der Waals surface area contributed by atoms with E-state index in [1.165, 1.54) is 5.32 Å². The molecule has 0 aliphatic carbocycles. The Bertz CT molecular complexity index is 482. The molecule has 1 N–H and O–H groups in total. The third-order valence-corrected chi connectivity index (χ3v) is 2.66. The van der Waals surface area contributed by atoms with E-state index in [4.69, 9.17) is 0 Å². The summed E-state index contributed by atoms with van der Waals surface area (Å²) in [4.78, 5) is 11.4. The van der Waals surface area contributed by atoms with E-state index < -0.39 is 35.9 Å². The van der Waals surface area contributed by atoms with Crippen LogP contribution in [0.1, 0.15) is 15.9 Å². The molecule has 0 heterocycles. The number of halogens is 7. The molecule has 0 saturated carbocycles. The predicted molar refractivity (Wildman–Crippen MR) is 57.5 cm³/mol. The third-order valence-electron chi connectivity index (χ3n) is 2.00. The first-order valence-electron chi connectivity index (χ1n) is 4.73. The smallest absolute Gasteiger partial charge is 0.343 e. The summed E-state index contributed by atoms with van der Waals surface area (Å²) in [5, 5.41) is 1.40. The van der Waals surface area contributed by atoms with Crippen molar-refractivity contribution in [3.8, 4) is 0 Å². The van der Waals surface area contributed by atoms with E-state index in [-0.39, 0.29) is 4.47 Å². The Labute approximate surface area is 111 Å². The van der Waals surface area contributed by atoms with Crippen molar-refractivity contribution in [2.24, 2.45) is 0 Å². The lowest BCUT2D eigenvalue weighted by Gasteiger charge is -2.15. The molecule has 0 saturated heterocycles. The summed E-state index contributed by atoms with van der Waals surface area (Å²) in [5.74, 6) is -1.45. The van der Waals surface area contributed by atoms with Crippen LogP contribution in [0.3, 0.4) is 0 Å². The second-order valence-electron chi connectivity index (χ2n) is 3.46. The Morgan fingerprint density at radius 1 is 1.16 bits per heavy atom. The van der Waals surface area contributed by atoms with Gasteiger partial charge in [0.05, 0.1) is 11.1 Å². The molecule has 0 atom stereocenters. The third kappa shape index (κ3) is 4.41. The lowest BCUT2D eigenvalue weighted by atomic mass is 10.1. The molecule has 0 spiro atoms. The van der Waals surface area contributed by atoms with Gasteiger partial charge in [0.2, 0.25) is 0 Å². The average Bonchev–Trinajstić information content (AvgIpc) is 2.23. The van der Waals surface area contributed by atoms with Crippen molar-refractivity contribution in [1.29, 1.82) is 0 Å². The standard InChI is InChI=1S/C10H6BrF6NO/c11-6-3-1-2-5(10(15,16)17)7(6)8(19)18-4-9(12,13)14/h1-3H,4H2,(H,18,19). The first kappa shape index (κ1) is 15.8. The van der Waals surface area contributed by atoms with Gasteiger partial charge >= 0.3 is 12.4 Å². The molecule has 2 nitrogen and oxygen atoms in total. The Morgan fingerprint density at radius 2 is 1.74 bits per heavy atom. The van der Waals surface area contributed by atoms with Gasteiger partial charge in [0.1, 0.15) is 6.54 Å². The maximum atomic E-state index is 12.6.